The highest BCUT2D eigenvalue weighted by Crippen LogP contribution is 2.25. The van der Waals surface area contributed by atoms with Crippen LogP contribution in [0.1, 0.15) is 85.5 Å². The molecular weight excluding hydrogens is 429 g/mol. The molecule has 0 N–H and O–H groups in total. The van der Waals surface area contributed by atoms with Crippen LogP contribution >= 0.6 is 0 Å². The molecule has 4 nitrogen and oxygen atoms in total. The Morgan fingerprint density at radius 1 is 0.677 bits per heavy atom. The Kier molecular flexibility index (Phi) is 17.2. The molecule has 31 heavy (non-hydrogen) atoms. The van der Waals surface area contributed by atoms with Crippen LogP contribution in [0.4, 0.5) is 17.3 Å². The molecule has 0 atom stereocenters. The Bertz CT molecular complexity index is 405. The van der Waals surface area contributed by atoms with Gasteiger partial charge in [-0.2, -0.15) is 0 Å². The Hall–Kier alpha value is -0.158. The smallest absolute Gasteiger partial charge is 0.418 e. The average Bonchev–Trinajstić information content (AvgIpc) is 2.69. The van der Waals surface area contributed by atoms with E-state index in [1.807, 2.05) is 0 Å². The van der Waals surface area contributed by atoms with Crippen LogP contribution in [-0.2, 0) is 13.3 Å². The molecule has 1 heterocycles. The Morgan fingerprint density at radius 2 is 1.13 bits per heavy atom. The Labute approximate surface area is 189 Å². The van der Waals surface area contributed by atoms with Gasteiger partial charge in [0.15, 0.2) is 0 Å². The van der Waals surface area contributed by atoms with Gasteiger partial charge in [-0.3, -0.25) is 0 Å². The van der Waals surface area contributed by atoms with Crippen molar-refractivity contribution in [2.45, 2.75) is 91.5 Å². The average molecular weight is 475 g/mol. The van der Waals surface area contributed by atoms with Crippen molar-refractivity contribution >= 4 is 16.1 Å². The second-order valence-corrected chi connectivity index (χ2v) is 11.0. The van der Waals surface area contributed by atoms with Crippen molar-refractivity contribution in [1.29, 1.82) is 0 Å². The molecule has 10 heteroatoms. The zero-order valence-corrected chi connectivity index (χ0v) is 21.3. The first-order valence-corrected chi connectivity index (χ1v) is 14.2. The molecule has 0 aromatic carbocycles. The summed E-state index contributed by atoms with van der Waals surface area (Å²) >= 11 is 0. The van der Waals surface area contributed by atoms with Crippen molar-refractivity contribution in [3.63, 3.8) is 0 Å². The molecule has 1 aliphatic rings. The van der Waals surface area contributed by atoms with Crippen molar-refractivity contribution in [2.24, 2.45) is 0 Å². The standard InChI is InChI=1S/C21H46NO3Si.BF4/c1-5-9-10-11-12-14-17-22(18-15-13-16-19-22)20-21-26(23-6-2,24-7-3)25-8-4;2-1(3,4)5/h5-21H2,1-4H3;/q+1;-1. The van der Waals surface area contributed by atoms with Crippen LogP contribution in [0.5, 0.6) is 0 Å². The molecular formula is C21H46BF4NO3Si. The van der Waals surface area contributed by atoms with Gasteiger partial charge in [0.2, 0.25) is 0 Å². The van der Waals surface area contributed by atoms with Crippen LogP contribution in [0.15, 0.2) is 0 Å². The molecule has 1 saturated heterocycles. The quantitative estimate of drug-likeness (QED) is 0.108. The number of piperidine rings is 1. The minimum atomic E-state index is -6.00. The van der Waals surface area contributed by atoms with E-state index in [-0.39, 0.29) is 0 Å². The lowest BCUT2D eigenvalue weighted by atomic mass is 10.1. The molecule has 1 aliphatic heterocycles. The highest BCUT2D eigenvalue weighted by Gasteiger charge is 2.44. The summed E-state index contributed by atoms with van der Waals surface area (Å²) in [6, 6.07) is 0.971. The predicted octanol–water partition coefficient (Wildman–Crippen LogP) is 6.70. The van der Waals surface area contributed by atoms with E-state index in [0.717, 1.165) is 6.04 Å². The van der Waals surface area contributed by atoms with E-state index in [1.54, 1.807) is 0 Å². The number of quaternary nitrogens is 1. The normalized spacial score (nSPS) is 16.6. The number of rotatable bonds is 16. The molecule has 0 aliphatic carbocycles. The highest BCUT2D eigenvalue weighted by molar-refractivity contribution is 6.60. The summed E-state index contributed by atoms with van der Waals surface area (Å²) in [5.41, 5.74) is 0. The molecule has 0 amide bonds. The number of hydrogen-bond acceptors (Lipinski definition) is 3. The van der Waals surface area contributed by atoms with Gasteiger partial charge >= 0.3 is 16.1 Å². The van der Waals surface area contributed by atoms with Gasteiger partial charge in [0.05, 0.1) is 32.2 Å². The van der Waals surface area contributed by atoms with Crippen LogP contribution in [-0.4, -0.2) is 66.5 Å². The monoisotopic (exact) mass is 475 g/mol. The predicted molar refractivity (Wildman–Crippen MR) is 123 cm³/mol. The number of hydrogen-bond donors (Lipinski definition) is 0. The van der Waals surface area contributed by atoms with Gasteiger partial charge in [-0.05, 0) is 52.9 Å². The summed E-state index contributed by atoms with van der Waals surface area (Å²) in [5, 5.41) is 0. The third kappa shape index (κ3) is 16.2. The molecule has 0 aromatic rings. The summed E-state index contributed by atoms with van der Waals surface area (Å²) in [6.45, 7) is 15.7. The molecule has 0 bridgehead atoms. The van der Waals surface area contributed by atoms with E-state index in [4.69, 9.17) is 13.3 Å². The van der Waals surface area contributed by atoms with E-state index in [1.165, 1.54) is 88.4 Å². The van der Waals surface area contributed by atoms with Gasteiger partial charge in [0.1, 0.15) is 0 Å². The maximum Gasteiger partial charge on any atom is 0.673 e. The van der Waals surface area contributed by atoms with Crippen molar-refractivity contribution in [3.05, 3.63) is 0 Å². The first-order chi connectivity index (χ1) is 14.7. The van der Waals surface area contributed by atoms with E-state index >= 15 is 0 Å². The minimum absolute atomic E-state index is 0.684. The van der Waals surface area contributed by atoms with Gasteiger partial charge in [-0.25, -0.2) is 0 Å². The second kappa shape index (κ2) is 17.3. The first-order valence-electron chi connectivity index (χ1n) is 12.3. The highest BCUT2D eigenvalue weighted by atomic mass is 28.4. The SMILES string of the molecule is CCCCCCCC[N+]1(CC[Si](OCC)(OCC)OCC)CCCCC1.F[B-](F)(F)F. The number of unbranched alkanes of at least 4 members (excludes halogenated alkanes) is 5. The van der Waals surface area contributed by atoms with Crippen LogP contribution < -0.4 is 0 Å². The maximum absolute atomic E-state index is 9.75. The van der Waals surface area contributed by atoms with E-state index in [9.17, 15) is 17.3 Å². The van der Waals surface area contributed by atoms with Crippen molar-refractivity contribution in [2.75, 3.05) is 46.0 Å². The van der Waals surface area contributed by atoms with Crippen molar-refractivity contribution < 1.29 is 35.0 Å². The zero-order valence-electron chi connectivity index (χ0n) is 20.3. The van der Waals surface area contributed by atoms with Gasteiger partial charge in [-0.1, -0.05) is 32.6 Å². The topological polar surface area (TPSA) is 27.7 Å². The second-order valence-electron chi connectivity index (χ2n) is 8.29. The first kappa shape index (κ1) is 30.8. The lowest BCUT2D eigenvalue weighted by Crippen LogP contribution is -2.56. The molecule has 0 saturated carbocycles. The molecule has 0 spiro atoms. The Morgan fingerprint density at radius 3 is 1.58 bits per heavy atom. The molecule has 188 valence electrons. The van der Waals surface area contributed by atoms with Crippen molar-refractivity contribution in [1.82, 2.24) is 0 Å². The van der Waals surface area contributed by atoms with Crippen LogP contribution in [0.25, 0.3) is 0 Å². The number of nitrogens with zero attached hydrogens (tertiary/aromatic N) is 1. The lowest BCUT2D eigenvalue weighted by Gasteiger charge is -2.43. The van der Waals surface area contributed by atoms with Crippen molar-refractivity contribution in [3.8, 4) is 0 Å². The zero-order chi connectivity index (χ0) is 23.6. The molecule has 0 unspecified atom stereocenters. The minimum Gasteiger partial charge on any atom is -0.418 e. The van der Waals surface area contributed by atoms with Gasteiger partial charge < -0.3 is 35.0 Å². The summed E-state index contributed by atoms with van der Waals surface area (Å²) in [6.07, 6.45) is 12.5. The fourth-order valence-electron chi connectivity index (χ4n) is 4.34. The summed E-state index contributed by atoms with van der Waals surface area (Å²) < 4.78 is 58.6. The lowest BCUT2D eigenvalue weighted by molar-refractivity contribution is -0.931. The fraction of sp³-hybridized carbons (Fsp3) is 1.00. The largest absolute Gasteiger partial charge is 0.673 e. The third-order valence-corrected chi connectivity index (χ3v) is 8.76. The van der Waals surface area contributed by atoms with Crippen LogP contribution in [0.2, 0.25) is 6.04 Å². The van der Waals surface area contributed by atoms with Crippen LogP contribution in [0, 0.1) is 0 Å². The van der Waals surface area contributed by atoms with Gasteiger partial charge in [0, 0.05) is 19.8 Å². The Balaban J connectivity index is 0.00000161. The number of likely N-dealkylation sites (tertiary alicyclic amines) is 1. The molecule has 1 rings (SSSR count). The van der Waals surface area contributed by atoms with E-state index in [0.29, 0.717) is 19.8 Å². The maximum atomic E-state index is 9.75. The summed E-state index contributed by atoms with van der Waals surface area (Å²) in [7, 11) is -8.51. The fourth-order valence-corrected chi connectivity index (χ4v) is 7.10. The van der Waals surface area contributed by atoms with Crippen LogP contribution in [0.3, 0.4) is 0 Å². The molecule has 1 fully saturated rings. The molecule has 0 aromatic heterocycles. The molecule has 0 radical (unpaired) electrons. The van der Waals surface area contributed by atoms with E-state index < -0.39 is 16.1 Å². The van der Waals surface area contributed by atoms with Gasteiger partial charge in [-0.15, -0.1) is 0 Å². The summed E-state index contributed by atoms with van der Waals surface area (Å²) in [4.78, 5) is 0. The third-order valence-electron chi connectivity index (χ3n) is 5.74. The number of halogens is 4. The van der Waals surface area contributed by atoms with Gasteiger partial charge in [0.25, 0.3) is 0 Å². The van der Waals surface area contributed by atoms with E-state index in [2.05, 4.69) is 27.7 Å². The summed E-state index contributed by atoms with van der Waals surface area (Å²) in [5.74, 6) is 0.